The summed E-state index contributed by atoms with van der Waals surface area (Å²) in [6, 6.07) is 8.21. The summed E-state index contributed by atoms with van der Waals surface area (Å²) in [5, 5.41) is 0.521. The summed E-state index contributed by atoms with van der Waals surface area (Å²) in [5.74, 6) is -2.52. The van der Waals surface area contributed by atoms with Crippen molar-refractivity contribution in [2.75, 3.05) is 13.2 Å². The van der Waals surface area contributed by atoms with Crippen LogP contribution in [0.3, 0.4) is 0 Å². The second-order valence-electron chi connectivity index (χ2n) is 5.76. The molecular formula is C19H15ClF2N2O4S. The van der Waals surface area contributed by atoms with E-state index in [1.807, 2.05) is 0 Å². The van der Waals surface area contributed by atoms with E-state index in [0.717, 1.165) is 17.4 Å². The van der Waals surface area contributed by atoms with Gasteiger partial charge in [-0.15, -0.1) is 0 Å². The molecule has 1 amide bonds. The van der Waals surface area contributed by atoms with E-state index >= 15 is 0 Å². The van der Waals surface area contributed by atoms with Crippen LogP contribution in [0.4, 0.5) is 8.78 Å². The van der Waals surface area contributed by atoms with Crippen LogP contribution >= 0.6 is 22.9 Å². The first-order chi connectivity index (χ1) is 13.9. The number of hydrogen-bond donors (Lipinski definition) is 0. The van der Waals surface area contributed by atoms with E-state index in [1.54, 1.807) is 31.2 Å². The molecule has 0 spiro atoms. The predicted molar refractivity (Wildman–Crippen MR) is 104 cm³/mol. The minimum atomic E-state index is -0.869. The maximum atomic E-state index is 14.3. The SMILES string of the molecule is CCOC(=O)Cn1c(=NC(=O)COc2ccc(Cl)cc2)sc2cc(F)cc(F)c21. The van der Waals surface area contributed by atoms with Crippen molar-refractivity contribution in [3.05, 3.63) is 57.9 Å². The first kappa shape index (κ1) is 20.9. The molecule has 0 fully saturated rings. The molecule has 0 saturated heterocycles. The number of carbonyl (C=O) groups is 2. The van der Waals surface area contributed by atoms with Crippen LogP contribution in [0.5, 0.6) is 5.75 Å². The number of amides is 1. The van der Waals surface area contributed by atoms with Gasteiger partial charge in [0.1, 0.15) is 18.1 Å². The molecule has 1 aromatic heterocycles. The van der Waals surface area contributed by atoms with Gasteiger partial charge in [0.2, 0.25) is 0 Å². The highest BCUT2D eigenvalue weighted by Gasteiger charge is 2.17. The maximum absolute atomic E-state index is 14.3. The van der Waals surface area contributed by atoms with Gasteiger partial charge in [0, 0.05) is 11.1 Å². The Morgan fingerprint density at radius 1 is 1.21 bits per heavy atom. The third-order valence-electron chi connectivity index (χ3n) is 3.68. The van der Waals surface area contributed by atoms with Gasteiger partial charge in [-0.1, -0.05) is 22.9 Å². The van der Waals surface area contributed by atoms with Crippen LogP contribution in [0, 0.1) is 11.6 Å². The van der Waals surface area contributed by atoms with Crippen molar-refractivity contribution >= 4 is 45.0 Å². The zero-order valence-corrected chi connectivity index (χ0v) is 16.7. The number of hydrogen-bond acceptors (Lipinski definition) is 5. The second-order valence-corrected chi connectivity index (χ2v) is 7.20. The van der Waals surface area contributed by atoms with Gasteiger partial charge in [-0.2, -0.15) is 4.99 Å². The molecule has 0 aliphatic rings. The van der Waals surface area contributed by atoms with Crippen molar-refractivity contribution in [2.24, 2.45) is 4.99 Å². The predicted octanol–water partition coefficient (Wildman–Crippen LogP) is 3.70. The van der Waals surface area contributed by atoms with Gasteiger partial charge < -0.3 is 14.0 Å². The van der Waals surface area contributed by atoms with E-state index in [4.69, 9.17) is 21.1 Å². The number of rotatable bonds is 6. The van der Waals surface area contributed by atoms with E-state index in [-0.39, 0.29) is 34.8 Å². The molecule has 152 valence electrons. The first-order valence-electron chi connectivity index (χ1n) is 8.47. The Bertz CT molecular complexity index is 1130. The van der Waals surface area contributed by atoms with Gasteiger partial charge in [0.05, 0.1) is 16.8 Å². The third kappa shape index (κ3) is 5.18. The molecule has 0 atom stereocenters. The Hall–Kier alpha value is -2.78. The summed E-state index contributed by atoms with van der Waals surface area (Å²) in [6.45, 7) is 1.01. The Balaban J connectivity index is 1.93. The summed E-state index contributed by atoms with van der Waals surface area (Å²) in [6.07, 6.45) is 0. The number of benzene rings is 2. The molecule has 10 heteroatoms. The van der Waals surface area contributed by atoms with Crippen LogP contribution in [0.2, 0.25) is 5.02 Å². The number of nitrogens with zero attached hydrogens (tertiary/aromatic N) is 2. The summed E-state index contributed by atoms with van der Waals surface area (Å²) < 4.78 is 39.5. The lowest BCUT2D eigenvalue weighted by atomic mass is 10.3. The molecule has 0 unspecified atom stereocenters. The normalized spacial score (nSPS) is 11.7. The minimum Gasteiger partial charge on any atom is -0.484 e. The molecule has 0 bridgehead atoms. The number of carbonyl (C=O) groups excluding carboxylic acids is 2. The number of halogens is 3. The van der Waals surface area contributed by atoms with Gasteiger partial charge in [-0.3, -0.25) is 9.59 Å². The molecular weight excluding hydrogens is 426 g/mol. The summed E-state index contributed by atoms with van der Waals surface area (Å²) >= 11 is 6.67. The summed E-state index contributed by atoms with van der Waals surface area (Å²) in [7, 11) is 0. The van der Waals surface area contributed by atoms with Crippen molar-refractivity contribution in [3.63, 3.8) is 0 Å². The summed E-state index contributed by atoms with van der Waals surface area (Å²) in [5.41, 5.74) is -0.0328. The minimum absolute atomic E-state index is 0.0299. The second kappa shape index (κ2) is 9.15. The molecule has 0 aliphatic heterocycles. The Labute approximate surface area is 173 Å². The lowest BCUT2D eigenvalue weighted by Crippen LogP contribution is -2.24. The van der Waals surface area contributed by atoms with E-state index < -0.39 is 23.5 Å². The van der Waals surface area contributed by atoms with Crippen LogP contribution in [0.15, 0.2) is 41.4 Å². The lowest BCUT2D eigenvalue weighted by molar-refractivity contribution is -0.143. The fourth-order valence-electron chi connectivity index (χ4n) is 2.51. The molecule has 1 heterocycles. The fourth-order valence-corrected chi connectivity index (χ4v) is 3.72. The van der Waals surface area contributed by atoms with Crippen LogP contribution in [0.25, 0.3) is 10.2 Å². The van der Waals surface area contributed by atoms with Crippen molar-refractivity contribution in [1.29, 1.82) is 0 Å². The van der Waals surface area contributed by atoms with Gasteiger partial charge in [0.15, 0.2) is 17.2 Å². The van der Waals surface area contributed by atoms with E-state index in [2.05, 4.69) is 4.99 Å². The standard InChI is InChI=1S/C19H15ClF2N2O4S/c1-2-27-17(26)9-24-18-14(22)7-12(21)8-15(18)29-19(24)23-16(25)10-28-13-5-3-11(20)4-6-13/h3-8H,2,9-10H2,1H3. The van der Waals surface area contributed by atoms with Crippen LogP contribution in [-0.2, 0) is 20.9 Å². The van der Waals surface area contributed by atoms with Gasteiger partial charge in [-0.25, -0.2) is 8.78 Å². The molecule has 3 rings (SSSR count). The maximum Gasteiger partial charge on any atom is 0.326 e. The number of fused-ring (bicyclic) bond motifs is 1. The van der Waals surface area contributed by atoms with Crippen molar-refractivity contribution < 1.29 is 27.8 Å². The van der Waals surface area contributed by atoms with Gasteiger partial charge >= 0.3 is 5.97 Å². The highest BCUT2D eigenvalue weighted by atomic mass is 35.5. The molecule has 0 radical (unpaired) electrons. The number of ether oxygens (including phenoxy) is 2. The van der Waals surface area contributed by atoms with Gasteiger partial charge in [0.25, 0.3) is 5.91 Å². The van der Waals surface area contributed by atoms with Crippen molar-refractivity contribution in [3.8, 4) is 5.75 Å². The highest BCUT2D eigenvalue weighted by Crippen LogP contribution is 2.22. The van der Waals surface area contributed by atoms with Crippen LogP contribution in [0.1, 0.15) is 6.92 Å². The molecule has 0 saturated carbocycles. The Morgan fingerprint density at radius 2 is 1.93 bits per heavy atom. The quantitative estimate of drug-likeness (QED) is 0.548. The van der Waals surface area contributed by atoms with E-state index in [0.29, 0.717) is 16.8 Å². The van der Waals surface area contributed by atoms with Gasteiger partial charge in [-0.05, 0) is 37.3 Å². The van der Waals surface area contributed by atoms with Crippen LogP contribution < -0.4 is 9.54 Å². The lowest BCUT2D eigenvalue weighted by Gasteiger charge is -2.06. The van der Waals surface area contributed by atoms with Crippen molar-refractivity contribution in [2.45, 2.75) is 13.5 Å². The van der Waals surface area contributed by atoms with E-state index in [9.17, 15) is 18.4 Å². The topological polar surface area (TPSA) is 69.9 Å². The average Bonchev–Trinajstić information content (AvgIpc) is 2.98. The molecule has 0 N–H and O–H groups in total. The van der Waals surface area contributed by atoms with E-state index in [1.165, 1.54) is 4.57 Å². The van der Waals surface area contributed by atoms with Crippen LogP contribution in [-0.4, -0.2) is 29.7 Å². The Kier molecular flexibility index (Phi) is 6.60. The number of thiazole rings is 1. The monoisotopic (exact) mass is 440 g/mol. The summed E-state index contributed by atoms with van der Waals surface area (Å²) in [4.78, 5) is 28.1. The average molecular weight is 441 g/mol. The molecule has 6 nitrogen and oxygen atoms in total. The number of esters is 1. The Morgan fingerprint density at radius 3 is 2.62 bits per heavy atom. The molecule has 29 heavy (non-hydrogen) atoms. The fraction of sp³-hybridized carbons (Fsp3) is 0.211. The first-order valence-corrected chi connectivity index (χ1v) is 9.66. The molecule has 2 aromatic carbocycles. The highest BCUT2D eigenvalue weighted by molar-refractivity contribution is 7.16. The zero-order valence-electron chi connectivity index (χ0n) is 15.2. The van der Waals surface area contributed by atoms with Crippen molar-refractivity contribution in [1.82, 2.24) is 4.57 Å². The third-order valence-corrected chi connectivity index (χ3v) is 4.96. The molecule has 3 aromatic rings. The largest absolute Gasteiger partial charge is 0.484 e. The molecule has 0 aliphatic carbocycles. The zero-order chi connectivity index (χ0) is 21.0. The smallest absolute Gasteiger partial charge is 0.326 e. The number of aromatic nitrogens is 1.